The first kappa shape index (κ1) is 11.1. The second-order valence-corrected chi connectivity index (χ2v) is 5.44. The van der Waals surface area contributed by atoms with Crippen molar-refractivity contribution in [2.24, 2.45) is 29.6 Å². The summed E-state index contributed by atoms with van der Waals surface area (Å²) in [5.41, 5.74) is 0. The van der Waals surface area contributed by atoms with Gasteiger partial charge in [-0.3, -0.25) is 0 Å². The van der Waals surface area contributed by atoms with E-state index < -0.39 is 0 Å². The third-order valence-corrected chi connectivity index (χ3v) is 4.52. The van der Waals surface area contributed by atoms with Crippen molar-refractivity contribution >= 4 is 0 Å². The molecule has 13 heavy (non-hydrogen) atoms. The minimum atomic E-state index is 0.908. The van der Waals surface area contributed by atoms with Crippen LogP contribution >= 0.6 is 0 Å². The van der Waals surface area contributed by atoms with Gasteiger partial charge in [-0.2, -0.15) is 0 Å². The van der Waals surface area contributed by atoms with Crippen molar-refractivity contribution < 1.29 is 0 Å². The van der Waals surface area contributed by atoms with Crippen LogP contribution in [0.15, 0.2) is 0 Å². The minimum Gasteiger partial charge on any atom is -0.0651 e. The highest BCUT2D eigenvalue weighted by Gasteiger charge is 2.33. The van der Waals surface area contributed by atoms with Gasteiger partial charge in [-0.25, -0.2) is 0 Å². The van der Waals surface area contributed by atoms with Crippen molar-refractivity contribution in [3.05, 3.63) is 0 Å². The number of rotatable bonds is 4. The maximum absolute atomic E-state index is 2.47. The van der Waals surface area contributed by atoms with Crippen molar-refractivity contribution in [1.29, 1.82) is 0 Å². The average molecular weight is 182 g/mol. The first-order chi connectivity index (χ1) is 6.06. The predicted octanol–water partition coefficient (Wildman–Crippen LogP) is 4.35. The smallest absolute Gasteiger partial charge is 0.0381 e. The summed E-state index contributed by atoms with van der Waals surface area (Å²) in [6, 6.07) is 0. The zero-order valence-corrected chi connectivity index (χ0v) is 10.0. The van der Waals surface area contributed by atoms with Gasteiger partial charge in [0.25, 0.3) is 0 Å². The molecule has 1 saturated carbocycles. The Morgan fingerprint density at radius 1 is 1.15 bits per heavy atom. The standard InChI is InChI=1S/C13H26/c1-6-10(3)11(4)12(5)13-7-9(2)8-13/h9-13H,6-8H2,1-5H3. The molecule has 0 heterocycles. The second kappa shape index (κ2) is 4.48. The largest absolute Gasteiger partial charge is 0.0651 e. The summed E-state index contributed by atoms with van der Waals surface area (Å²) in [7, 11) is 0. The highest BCUT2D eigenvalue weighted by molar-refractivity contribution is 4.83. The van der Waals surface area contributed by atoms with Crippen LogP contribution in [0, 0.1) is 29.6 Å². The molecule has 78 valence electrons. The maximum atomic E-state index is 2.47. The fourth-order valence-corrected chi connectivity index (χ4v) is 2.71. The summed E-state index contributed by atoms with van der Waals surface area (Å²) in [4.78, 5) is 0. The van der Waals surface area contributed by atoms with Crippen LogP contribution < -0.4 is 0 Å². The van der Waals surface area contributed by atoms with Gasteiger partial charge < -0.3 is 0 Å². The van der Waals surface area contributed by atoms with Crippen LogP contribution in [-0.2, 0) is 0 Å². The first-order valence-electron chi connectivity index (χ1n) is 6.06. The molecule has 0 heteroatoms. The molecule has 1 aliphatic rings. The molecule has 0 aromatic heterocycles. The molecule has 0 saturated heterocycles. The normalized spacial score (nSPS) is 34.8. The molecular formula is C13H26. The highest BCUT2D eigenvalue weighted by atomic mass is 14.4. The van der Waals surface area contributed by atoms with E-state index in [0.717, 1.165) is 29.6 Å². The van der Waals surface area contributed by atoms with E-state index >= 15 is 0 Å². The SMILES string of the molecule is CCC(C)C(C)C(C)C1CC(C)C1. The van der Waals surface area contributed by atoms with Crippen LogP contribution in [0.25, 0.3) is 0 Å². The van der Waals surface area contributed by atoms with Crippen LogP contribution in [0.4, 0.5) is 0 Å². The van der Waals surface area contributed by atoms with Gasteiger partial charge in [0.2, 0.25) is 0 Å². The summed E-state index contributed by atoms with van der Waals surface area (Å²) in [6.07, 6.45) is 4.32. The van der Waals surface area contributed by atoms with Crippen molar-refractivity contribution in [3.63, 3.8) is 0 Å². The third-order valence-electron chi connectivity index (χ3n) is 4.52. The Morgan fingerprint density at radius 2 is 1.69 bits per heavy atom. The van der Waals surface area contributed by atoms with Crippen LogP contribution in [-0.4, -0.2) is 0 Å². The average Bonchev–Trinajstić information content (AvgIpc) is 2.09. The van der Waals surface area contributed by atoms with Crippen molar-refractivity contribution in [2.45, 2.75) is 53.9 Å². The van der Waals surface area contributed by atoms with E-state index in [0.29, 0.717) is 0 Å². The van der Waals surface area contributed by atoms with E-state index in [2.05, 4.69) is 34.6 Å². The minimum absolute atomic E-state index is 0.908. The van der Waals surface area contributed by atoms with E-state index in [9.17, 15) is 0 Å². The van der Waals surface area contributed by atoms with Gasteiger partial charge in [-0.1, -0.05) is 41.0 Å². The van der Waals surface area contributed by atoms with Crippen molar-refractivity contribution in [1.82, 2.24) is 0 Å². The third kappa shape index (κ3) is 2.48. The molecule has 0 spiro atoms. The van der Waals surface area contributed by atoms with Gasteiger partial charge in [0.15, 0.2) is 0 Å². The summed E-state index contributed by atoms with van der Waals surface area (Å²) in [5.74, 6) is 4.83. The van der Waals surface area contributed by atoms with Gasteiger partial charge in [-0.05, 0) is 42.4 Å². The molecule has 0 N–H and O–H groups in total. The quantitative estimate of drug-likeness (QED) is 0.606. The molecule has 1 aliphatic carbocycles. The van der Waals surface area contributed by atoms with Crippen LogP contribution in [0.3, 0.4) is 0 Å². The lowest BCUT2D eigenvalue weighted by atomic mass is 9.64. The van der Waals surface area contributed by atoms with Crippen LogP contribution in [0.5, 0.6) is 0 Å². The zero-order valence-electron chi connectivity index (χ0n) is 10.0. The van der Waals surface area contributed by atoms with E-state index in [1.54, 1.807) is 0 Å². The molecule has 3 unspecified atom stereocenters. The Morgan fingerprint density at radius 3 is 2.08 bits per heavy atom. The van der Waals surface area contributed by atoms with E-state index in [-0.39, 0.29) is 0 Å². The summed E-state index contributed by atoms with van der Waals surface area (Å²) < 4.78 is 0. The Bertz CT molecular complexity index is 144. The molecule has 0 bridgehead atoms. The first-order valence-corrected chi connectivity index (χ1v) is 6.06. The van der Waals surface area contributed by atoms with Gasteiger partial charge in [-0.15, -0.1) is 0 Å². The lowest BCUT2D eigenvalue weighted by molar-refractivity contribution is 0.0897. The van der Waals surface area contributed by atoms with E-state index in [4.69, 9.17) is 0 Å². The Hall–Kier alpha value is 0. The summed E-state index contributed by atoms with van der Waals surface area (Å²) in [6.45, 7) is 12.0. The lowest BCUT2D eigenvalue weighted by Crippen LogP contribution is -2.32. The molecular weight excluding hydrogens is 156 g/mol. The summed E-state index contributed by atoms with van der Waals surface area (Å²) >= 11 is 0. The Kier molecular flexibility index (Phi) is 3.82. The van der Waals surface area contributed by atoms with E-state index in [1.165, 1.54) is 19.3 Å². The van der Waals surface area contributed by atoms with Crippen molar-refractivity contribution in [3.8, 4) is 0 Å². The molecule has 0 aromatic carbocycles. The molecule has 0 aromatic rings. The van der Waals surface area contributed by atoms with E-state index in [1.807, 2.05) is 0 Å². The van der Waals surface area contributed by atoms with Gasteiger partial charge in [0, 0.05) is 0 Å². The second-order valence-electron chi connectivity index (χ2n) is 5.44. The van der Waals surface area contributed by atoms with Crippen molar-refractivity contribution in [2.75, 3.05) is 0 Å². The molecule has 1 fully saturated rings. The van der Waals surface area contributed by atoms with Gasteiger partial charge >= 0.3 is 0 Å². The lowest BCUT2D eigenvalue weighted by Gasteiger charge is -2.41. The molecule has 1 rings (SSSR count). The van der Waals surface area contributed by atoms with Gasteiger partial charge in [0.1, 0.15) is 0 Å². The fraction of sp³-hybridized carbons (Fsp3) is 1.00. The molecule has 3 atom stereocenters. The van der Waals surface area contributed by atoms with Crippen LogP contribution in [0.2, 0.25) is 0 Å². The molecule has 0 radical (unpaired) electrons. The van der Waals surface area contributed by atoms with Gasteiger partial charge in [0.05, 0.1) is 0 Å². The Balaban J connectivity index is 2.34. The zero-order chi connectivity index (χ0) is 10.0. The molecule has 0 aliphatic heterocycles. The van der Waals surface area contributed by atoms with Crippen LogP contribution in [0.1, 0.15) is 53.9 Å². The highest BCUT2D eigenvalue weighted by Crippen LogP contribution is 2.43. The fourth-order valence-electron chi connectivity index (χ4n) is 2.71. The summed E-state index contributed by atoms with van der Waals surface area (Å²) in [5, 5.41) is 0. The monoisotopic (exact) mass is 182 g/mol. The maximum Gasteiger partial charge on any atom is -0.0381 e. The number of hydrogen-bond acceptors (Lipinski definition) is 0. The predicted molar refractivity (Wildman–Crippen MR) is 59.7 cm³/mol. The molecule has 0 amide bonds. The number of hydrogen-bond donors (Lipinski definition) is 0. The topological polar surface area (TPSA) is 0 Å². The molecule has 0 nitrogen and oxygen atoms in total. The Labute approximate surface area is 84.1 Å².